The summed E-state index contributed by atoms with van der Waals surface area (Å²) in [6.07, 6.45) is 10.5. The Balaban J connectivity index is 1.28. The minimum atomic E-state index is -1.09. The molecule has 1 aromatic rings. The van der Waals surface area contributed by atoms with Crippen LogP contribution in [0.25, 0.3) is 0 Å². The van der Waals surface area contributed by atoms with Crippen molar-refractivity contribution in [2.75, 3.05) is 6.61 Å². The standard InChI is InChI=1S/C30H42O4/c1-5-33-23-9-6-21(7-10-23)19-34-30(32)17-16-28(3)22(18-30)8-11-24-26-13-12-25(20(2)31)29(26,4)15-14-27(24)28/h6-10,24-27,32H,5,11-19H2,1-4H3/t24-,25+,26-,27-,28-,29+,30+/m0/s1. The fraction of sp³-hybridized carbons (Fsp3) is 0.700. The lowest BCUT2D eigenvalue weighted by Crippen LogP contribution is -2.52. The van der Waals surface area contributed by atoms with Crippen LogP contribution in [0, 0.1) is 34.5 Å². The third-order valence-electron chi connectivity index (χ3n) is 10.4. The predicted molar refractivity (Wildman–Crippen MR) is 133 cm³/mol. The first-order valence-electron chi connectivity index (χ1n) is 13.5. The number of Topliss-reactive ketones (excluding diaryl/α,β-unsaturated/α-hetero) is 1. The molecule has 5 rings (SSSR count). The van der Waals surface area contributed by atoms with Gasteiger partial charge >= 0.3 is 0 Å². The minimum Gasteiger partial charge on any atom is -0.494 e. The Bertz CT molecular complexity index is 951. The number of carbonyl (C=O) groups is 1. The second kappa shape index (κ2) is 8.78. The summed E-state index contributed by atoms with van der Waals surface area (Å²) >= 11 is 0. The Hall–Kier alpha value is -1.65. The highest BCUT2D eigenvalue weighted by molar-refractivity contribution is 5.79. The summed E-state index contributed by atoms with van der Waals surface area (Å²) in [4.78, 5) is 12.4. The average molecular weight is 467 g/mol. The summed E-state index contributed by atoms with van der Waals surface area (Å²) in [6.45, 7) is 9.70. The summed E-state index contributed by atoms with van der Waals surface area (Å²) < 4.78 is 11.7. The van der Waals surface area contributed by atoms with Crippen molar-refractivity contribution in [1.82, 2.24) is 0 Å². The molecule has 0 aliphatic heterocycles. The summed E-state index contributed by atoms with van der Waals surface area (Å²) in [5, 5.41) is 11.4. The first-order chi connectivity index (χ1) is 16.2. The topological polar surface area (TPSA) is 55.8 Å². The molecule has 186 valence electrons. The van der Waals surface area contributed by atoms with Crippen LogP contribution in [0.15, 0.2) is 35.9 Å². The number of carbonyl (C=O) groups excluding carboxylic acids is 1. The van der Waals surface area contributed by atoms with E-state index in [1.165, 1.54) is 24.8 Å². The van der Waals surface area contributed by atoms with Crippen LogP contribution in [0.1, 0.15) is 84.6 Å². The van der Waals surface area contributed by atoms with Crippen molar-refractivity contribution < 1.29 is 19.4 Å². The molecule has 0 heterocycles. The van der Waals surface area contributed by atoms with Crippen LogP contribution in [0.4, 0.5) is 0 Å². The van der Waals surface area contributed by atoms with Crippen LogP contribution in [0.3, 0.4) is 0 Å². The first-order valence-corrected chi connectivity index (χ1v) is 13.5. The van der Waals surface area contributed by atoms with Crippen molar-refractivity contribution >= 4 is 5.78 Å². The molecule has 3 saturated carbocycles. The fourth-order valence-corrected chi connectivity index (χ4v) is 8.48. The summed E-state index contributed by atoms with van der Waals surface area (Å²) in [5.41, 5.74) is 2.78. The highest BCUT2D eigenvalue weighted by Crippen LogP contribution is 2.66. The predicted octanol–water partition coefficient (Wildman–Crippen LogP) is 6.46. The number of ketones is 1. The lowest BCUT2D eigenvalue weighted by atomic mass is 9.47. The number of fused-ring (bicyclic) bond motifs is 5. The highest BCUT2D eigenvalue weighted by atomic mass is 16.6. The van der Waals surface area contributed by atoms with E-state index < -0.39 is 5.79 Å². The maximum absolute atomic E-state index is 12.4. The van der Waals surface area contributed by atoms with Crippen molar-refractivity contribution in [3.63, 3.8) is 0 Å². The molecular formula is C30H42O4. The van der Waals surface area contributed by atoms with E-state index in [9.17, 15) is 9.90 Å². The molecule has 0 amide bonds. The summed E-state index contributed by atoms with van der Waals surface area (Å²) in [6, 6.07) is 7.95. The van der Waals surface area contributed by atoms with Crippen LogP contribution in [0.5, 0.6) is 5.75 Å². The molecule has 7 atom stereocenters. The molecule has 4 nitrogen and oxygen atoms in total. The van der Waals surface area contributed by atoms with E-state index in [2.05, 4.69) is 19.9 Å². The van der Waals surface area contributed by atoms with E-state index in [0.29, 0.717) is 49.6 Å². The van der Waals surface area contributed by atoms with E-state index in [0.717, 1.165) is 30.6 Å². The number of hydrogen-bond donors (Lipinski definition) is 1. The Labute approximate surface area is 205 Å². The number of aliphatic hydroxyl groups is 1. The van der Waals surface area contributed by atoms with Gasteiger partial charge in [-0.25, -0.2) is 0 Å². The zero-order valence-corrected chi connectivity index (χ0v) is 21.4. The monoisotopic (exact) mass is 466 g/mol. The number of benzene rings is 1. The molecule has 3 fully saturated rings. The molecule has 1 aromatic carbocycles. The third-order valence-corrected chi connectivity index (χ3v) is 10.4. The van der Waals surface area contributed by atoms with Gasteiger partial charge in [-0.15, -0.1) is 0 Å². The van der Waals surface area contributed by atoms with Gasteiger partial charge in [0.1, 0.15) is 11.5 Å². The van der Waals surface area contributed by atoms with Crippen LogP contribution < -0.4 is 4.74 Å². The highest BCUT2D eigenvalue weighted by Gasteiger charge is 2.60. The van der Waals surface area contributed by atoms with E-state index in [1.54, 1.807) is 6.92 Å². The van der Waals surface area contributed by atoms with E-state index >= 15 is 0 Å². The van der Waals surface area contributed by atoms with Gasteiger partial charge in [-0.3, -0.25) is 4.79 Å². The van der Waals surface area contributed by atoms with Crippen molar-refractivity contribution in [2.45, 2.75) is 91.5 Å². The molecule has 4 aliphatic carbocycles. The molecule has 0 radical (unpaired) electrons. The van der Waals surface area contributed by atoms with Gasteiger partial charge in [-0.05, 0) is 98.7 Å². The smallest absolute Gasteiger partial charge is 0.169 e. The molecule has 0 aromatic heterocycles. The van der Waals surface area contributed by atoms with Crippen molar-refractivity contribution in [1.29, 1.82) is 0 Å². The Morgan fingerprint density at radius 2 is 1.82 bits per heavy atom. The SMILES string of the molecule is CCOc1ccc(CO[C@]2(O)CC[C@@]3(C)C(=CC[C@H]4[C@@H]5CC[C@H](C(C)=O)[C@@]5(C)CC[C@@H]43)C2)cc1. The number of ether oxygens (including phenoxy) is 2. The van der Waals surface area contributed by atoms with Crippen LogP contribution in [-0.2, 0) is 16.1 Å². The maximum atomic E-state index is 12.4. The normalized spacial score (nSPS) is 41.1. The van der Waals surface area contributed by atoms with Crippen LogP contribution >= 0.6 is 0 Å². The number of hydrogen-bond acceptors (Lipinski definition) is 4. The second-order valence-electron chi connectivity index (χ2n) is 12.0. The van der Waals surface area contributed by atoms with Gasteiger partial charge in [-0.1, -0.05) is 37.6 Å². The number of rotatable bonds is 6. The van der Waals surface area contributed by atoms with Crippen molar-refractivity contribution in [3.05, 3.63) is 41.5 Å². The molecule has 0 saturated heterocycles. The Morgan fingerprint density at radius 1 is 1.06 bits per heavy atom. The molecule has 1 N–H and O–H groups in total. The van der Waals surface area contributed by atoms with Crippen LogP contribution in [0.2, 0.25) is 0 Å². The van der Waals surface area contributed by atoms with E-state index in [1.807, 2.05) is 31.2 Å². The van der Waals surface area contributed by atoms with E-state index in [4.69, 9.17) is 9.47 Å². The van der Waals surface area contributed by atoms with Crippen LogP contribution in [-0.4, -0.2) is 23.3 Å². The first kappa shape index (κ1) is 24.1. The van der Waals surface area contributed by atoms with Gasteiger partial charge < -0.3 is 14.6 Å². The average Bonchev–Trinajstić information content (AvgIpc) is 3.17. The molecular weight excluding hydrogens is 424 g/mol. The van der Waals surface area contributed by atoms with Crippen molar-refractivity contribution in [2.24, 2.45) is 34.5 Å². The fourth-order valence-electron chi connectivity index (χ4n) is 8.48. The molecule has 0 unspecified atom stereocenters. The Morgan fingerprint density at radius 3 is 2.53 bits per heavy atom. The lowest BCUT2D eigenvalue weighted by Gasteiger charge is -2.58. The maximum Gasteiger partial charge on any atom is 0.169 e. The zero-order chi connectivity index (χ0) is 24.1. The molecule has 4 aliphatic rings. The van der Waals surface area contributed by atoms with Gasteiger partial charge in [0.25, 0.3) is 0 Å². The third kappa shape index (κ3) is 3.95. The van der Waals surface area contributed by atoms with Gasteiger partial charge in [0.05, 0.1) is 13.2 Å². The molecule has 34 heavy (non-hydrogen) atoms. The Kier molecular flexibility index (Phi) is 6.21. The van der Waals surface area contributed by atoms with Gasteiger partial charge in [0.15, 0.2) is 5.79 Å². The second-order valence-corrected chi connectivity index (χ2v) is 12.0. The molecule has 0 bridgehead atoms. The van der Waals surface area contributed by atoms with E-state index in [-0.39, 0.29) is 16.7 Å². The summed E-state index contributed by atoms with van der Waals surface area (Å²) in [5.74, 6) is 2.41. The van der Waals surface area contributed by atoms with Gasteiger partial charge in [0, 0.05) is 18.8 Å². The largest absolute Gasteiger partial charge is 0.494 e. The zero-order valence-electron chi connectivity index (χ0n) is 21.4. The van der Waals surface area contributed by atoms with Gasteiger partial charge in [-0.2, -0.15) is 0 Å². The quantitative estimate of drug-likeness (QED) is 0.386. The van der Waals surface area contributed by atoms with Crippen molar-refractivity contribution in [3.8, 4) is 5.75 Å². The molecule has 4 heteroatoms. The lowest BCUT2D eigenvalue weighted by molar-refractivity contribution is -0.231. The molecule has 0 spiro atoms. The number of allylic oxidation sites excluding steroid dienone is 1. The summed E-state index contributed by atoms with van der Waals surface area (Å²) in [7, 11) is 0. The minimum absolute atomic E-state index is 0.146. The van der Waals surface area contributed by atoms with Gasteiger partial charge in [0.2, 0.25) is 0 Å².